The standard InChI is InChI=1S/C13H16F3NO2/c14-13(15,16)12(18,19)11-7-4-8-17(11)9-10-5-2-1-3-6-10/h1-3,5-6,11,18-19H,4,7-9H2. The van der Waals surface area contributed by atoms with Crippen LogP contribution in [0.1, 0.15) is 18.4 Å². The molecule has 6 heteroatoms. The molecule has 1 heterocycles. The first-order valence-electron chi connectivity index (χ1n) is 6.12. The van der Waals surface area contributed by atoms with Crippen molar-refractivity contribution >= 4 is 0 Å². The molecule has 1 fully saturated rings. The molecular formula is C13H16F3NO2. The van der Waals surface area contributed by atoms with Crippen molar-refractivity contribution in [1.29, 1.82) is 0 Å². The summed E-state index contributed by atoms with van der Waals surface area (Å²) in [7, 11) is 0. The lowest BCUT2D eigenvalue weighted by molar-refractivity contribution is -0.367. The summed E-state index contributed by atoms with van der Waals surface area (Å²) in [6.45, 7) is 0.711. The molecule has 1 aromatic carbocycles. The Kier molecular flexibility index (Phi) is 3.85. The molecule has 0 amide bonds. The Bertz CT molecular complexity index is 420. The number of hydrogen-bond donors (Lipinski definition) is 2. The Hall–Kier alpha value is -1.11. The average Bonchev–Trinajstić information content (AvgIpc) is 2.77. The van der Waals surface area contributed by atoms with Crippen LogP contribution < -0.4 is 0 Å². The van der Waals surface area contributed by atoms with Crippen molar-refractivity contribution in [1.82, 2.24) is 4.90 Å². The van der Waals surface area contributed by atoms with E-state index < -0.39 is 18.0 Å². The number of aliphatic hydroxyl groups is 2. The summed E-state index contributed by atoms with van der Waals surface area (Å²) in [5.74, 6) is -3.65. The van der Waals surface area contributed by atoms with Crippen molar-refractivity contribution in [3.8, 4) is 0 Å². The fourth-order valence-electron chi connectivity index (χ4n) is 2.48. The maximum absolute atomic E-state index is 12.7. The summed E-state index contributed by atoms with van der Waals surface area (Å²) in [6.07, 6.45) is -4.40. The minimum absolute atomic E-state index is 0.124. The van der Waals surface area contributed by atoms with E-state index in [9.17, 15) is 23.4 Å². The Labute approximate surface area is 109 Å². The van der Waals surface area contributed by atoms with Crippen LogP contribution in [0.25, 0.3) is 0 Å². The fraction of sp³-hybridized carbons (Fsp3) is 0.538. The van der Waals surface area contributed by atoms with Crippen LogP contribution in [0.5, 0.6) is 0 Å². The van der Waals surface area contributed by atoms with Crippen molar-refractivity contribution in [3.05, 3.63) is 35.9 Å². The molecule has 1 aliphatic rings. The second-order valence-electron chi connectivity index (χ2n) is 4.84. The first kappa shape index (κ1) is 14.3. The second-order valence-corrected chi connectivity index (χ2v) is 4.84. The summed E-state index contributed by atoms with van der Waals surface area (Å²) in [5.41, 5.74) is 0.854. The number of alkyl halides is 3. The SMILES string of the molecule is OC(O)(C1CCCN1Cc1ccccc1)C(F)(F)F. The molecule has 1 aromatic rings. The molecule has 1 unspecified atom stereocenters. The highest BCUT2D eigenvalue weighted by Crippen LogP contribution is 2.37. The summed E-state index contributed by atoms with van der Waals surface area (Å²) in [5, 5.41) is 18.8. The molecule has 0 aliphatic carbocycles. The molecule has 1 aliphatic heterocycles. The molecule has 0 radical (unpaired) electrons. The predicted octanol–water partition coefficient (Wildman–Crippen LogP) is 1.89. The van der Waals surface area contributed by atoms with Gasteiger partial charge in [0.2, 0.25) is 0 Å². The molecule has 0 spiro atoms. The van der Waals surface area contributed by atoms with Gasteiger partial charge in [0.25, 0.3) is 5.79 Å². The van der Waals surface area contributed by atoms with Crippen molar-refractivity contribution in [2.24, 2.45) is 0 Å². The van der Waals surface area contributed by atoms with Gasteiger partial charge in [-0.1, -0.05) is 30.3 Å². The van der Waals surface area contributed by atoms with Gasteiger partial charge in [-0.15, -0.1) is 0 Å². The van der Waals surface area contributed by atoms with Crippen LogP contribution in [0.15, 0.2) is 30.3 Å². The van der Waals surface area contributed by atoms with E-state index in [0.717, 1.165) is 5.56 Å². The first-order chi connectivity index (χ1) is 8.82. The van der Waals surface area contributed by atoms with Crippen LogP contribution in [-0.2, 0) is 6.54 Å². The molecule has 2 rings (SSSR count). The van der Waals surface area contributed by atoms with Crippen LogP contribution in [0, 0.1) is 0 Å². The molecule has 1 atom stereocenters. The van der Waals surface area contributed by atoms with E-state index in [-0.39, 0.29) is 13.0 Å². The van der Waals surface area contributed by atoms with Gasteiger partial charge in [0.05, 0.1) is 6.04 Å². The first-order valence-corrected chi connectivity index (χ1v) is 6.12. The van der Waals surface area contributed by atoms with E-state index in [4.69, 9.17) is 0 Å². The smallest absolute Gasteiger partial charge is 0.357 e. The Balaban J connectivity index is 2.14. The summed E-state index contributed by atoms with van der Waals surface area (Å²) < 4.78 is 38.0. The monoisotopic (exact) mass is 275 g/mol. The van der Waals surface area contributed by atoms with Crippen LogP contribution >= 0.6 is 0 Å². The maximum atomic E-state index is 12.7. The molecule has 3 nitrogen and oxygen atoms in total. The highest BCUT2D eigenvalue weighted by molar-refractivity contribution is 5.15. The van der Waals surface area contributed by atoms with E-state index in [1.165, 1.54) is 4.90 Å². The van der Waals surface area contributed by atoms with Gasteiger partial charge < -0.3 is 10.2 Å². The van der Waals surface area contributed by atoms with Gasteiger partial charge in [-0.3, -0.25) is 4.90 Å². The summed E-state index contributed by atoms with van der Waals surface area (Å²) in [6, 6.07) is 7.72. The average molecular weight is 275 g/mol. The third-order valence-corrected chi connectivity index (χ3v) is 3.47. The fourth-order valence-corrected chi connectivity index (χ4v) is 2.48. The lowest BCUT2D eigenvalue weighted by Gasteiger charge is -2.36. The van der Waals surface area contributed by atoms with Crippen LogP contribution in [0.4, 0.5) is 13.2 Å². The van der Waals surface area contributed by atoms with Gasteiger partial charge >= 0.3 is 6.18 Å². The van der Waals surface area contributed by atoms with Crippen LogP contribution in [-0.4, -0.2) is 39.7 Å². The van der Waals surface area contributed by atoms with Crippen LogP contribution in [0.2, 0.25) is 0 Å². The number of benzene rings is 1. The third kappa shape index (κ3) is 2.91. The highest BCUT2D eigenvalue weighted by Gasteiger charge is 2.60. The van der Waals surface area contributed by atoms with E-state index in [2.05, 4.69) is 0 Å². The number of nitrogens with zero attached hydrogens (tertiary/aromatic N) is 1. The highest BCUT2D eigenvalue weighted by atomic mass is 19.4. The minimum atomic E-state index is -5.04. The van der Waals surface area contributed by atoms with Gasteiger partial charge in [0.1, 0.15) is 0 Å². The van der Waals surface area contributed by atoms with Crippen LogP contribution in [0.3, 0.4) is 0 Å². The minimum Gasteiger partial charge on any atom is -0.357 e. The summed E-state index contributed by atoms with van der Waals surface area (Å²) >= 11 is 0. The van der Waals surface area contributed by atoms with Gasteiger partial charge in [-0.2, -0.15) is 13.2 Å². The normalized spacial score (nSPS) is 21.8. The summed E-state index contributed by atoms with van der Waals surface area (Å²) in [4.78, 5) is 1.48. The second kappa shape index (κ2) is 5.11. The largest absolute Gasteiger partial charge is 0.444 e. The zero-order valence-corrected chi connectivity index (χ0v) is 10.3. The quantitative estimate of drug-likeness (QED) is 0.828. The topological polar surface area (TPSA) is 43.7 Å². The number of likely N-dealkylation sites (tertiary alicyclic amines) is 1. The Morgan fingerprint density at radius 2 is 1.79 bits per heavy atom. The van der Waals surface area contributed by atoms with Gasteiger partial charge in [-0.05, 0) is 24.9 Å². The molecular weight excluding hydrogens is 259 g/mol. The van der Waals surface area contributed by atoms with Gasteiger partial charge in [0.15, 0.2) is 0 Å². The lowest BCUT2D eigenvalue weighted by atomic mass is 10.0. The number of rotatable bonds is 3. The van der Waals surface area contributed by atoms with E-state index in [1.54, 1.807) is 24.3 Å². The van der Waals surface area contributed by atoms with Gasteiger partial charge in [-0.25, -0.2) is 0 Å². The van der Waals surface area contributed by atoms with E-state index in [1.807, 2.05) is 6.07 Å². The molecule has 0 bridgehead atoms. The molecule has 0 saturated carbocycles. The number of halogens is 3. The van der Waals surface area contributed by atoms with Crippen molar-refractivity contribution in [2.45, 2.75) is 37.4 Å². The van der Waals surface area contributed by atoms with E-state index in [0.29, 0.717) is 13.0 Å². The molecule has 19 heavy (non-hydrogen) atoms. The lowest BCUT2D eigenvalue weighted by Crippen LogP contribution is -2.58. The van der Waals surface area contributed by atoms with Gasteiger partial charge in [0, 0.05) is 6.54 Å². The molecule has 2 N–H and O–H groups in total. The zero-order chi connectivity index (χ0) is 14.1. The predicted molar refractivity (Wildman–Crippen MR) is 63.1 cm³/mol. The van der Waals surface area contributed by atoms with Crippen molar-refractivity contribution in [2.75, 3.05) is 6.54 Å². The third-order valence-electron chi connectivity index (χ3n) is 3.47. The van der Waals surface area contributed by atoms with Crippen molar-refractivity contribution in [3.63, 3.8) is 0 Å². The maximum Gasteiger partial charge on any atom is 0.444 e. The van der Waals surface area contributed by atoms with E-state index >= 15 is 0 Å². The molecule has 106 valence electrons. The van der Waals surface area contributed by atoms with Crippen molar-refractivity contribution < 1.29 is 23.4 Å². The molecule has 0 aromatic heterocycles. The Morgan fingerprint density at radius 3 is 2.37 bits per heavy atom. The Morgan fingerprint density at radius 1 is 1.16 bits per heavy atom. The number of hydrogen-bond acceptors (Lipinski definition) is 3. The zero-order valence-electron chi connectivity index (χ0n) is 10.3. The molecule has 1 saturated heterocycles.